The van der Waals surface area contributed by atoms with E-state index < -0.39 is 0 Å². The summed E-state index contributed by atoms with van der Waals surface area (Å²) in [6.07, 6.45) is 10.2. The molecule has 0 aromatic carbocycles. The van der Waals surface area contributed by atoms with Crippen LogP contribution in [0.5, 0.6) is 0 Å². The second-order valence-corrected chi connectivity index (χ2v) is 6.10. The lowest BCUT2D eigenvalue weighted by Crippen LogP contribution is -2.58. The van der Waals surface area contributed by atoms with Gasteiger partial charge in [-0.25, -0.2) is 0 Å². The third-order valence-electron chi connectivity index (χ3n) is 4.07. The Kier molecular flexibility index (Phi) is 3.09. The van der Waals surface area contributed by atoms with Crippen molar-refractivity contribution in [1.82, 2.24) is 10.3 Å². The Labute approximate surface area is 111 Å². The van der Waals surface area contributed by atoms with Crippen molar-refractivity contribution in [2.75, 3.05) is 11.9 Å². The molecule has 0 bridgehead atoms. The van der Waals surface area contributed by atoms with Gasteiger partial charge in [-0.15, -0.1) is 0 Å². The van der Waals surface area contributed by atoms with Crippen LogP contribution in [-0.4, -0.2) is 23.1 Å². The van der Waals surface area contributed by atoms with Gasteiger partial charge in [0.1, 0.15) is 0 Å². The molecule has 1 unspecified atom stereocenters. The van der Waals surface area contributed by atoms with Crippen LogP contribution in [0.15, 0.2) is 22.9 Å². The Morgan fingerprint density at radius 3 is 3.06 bits per heavy atom. The summed E-state index contributed by atoms with van der Waals surface area (Å²) in [5.41, 5.74) is 1.62. The van der Waals surface area contributed by atoms with E-state index in [1.165, 1.54) is 37.8 Å². The van der Waals surface area contributed by atoms with E-state index >= 15 is 0 Å². The van der Waals surface area contributed by atoms with Gasteiger partial charge in [-0.2, -0.15) is 0 Å². The minimum atomic E-state index is 0.454. The highest BCUT2D eigenvalue weighted by molar-refractivity contribution is 9.10. The predicted molar refractivity (Wildman–Crippen MR) is 73.2 cm³/mol. The van der Waals surface area contributed by atoms with Gasteiger partial charge in [-0.05, 0) is 60.6 Å². The van der Waals surface area contributed by atoms with Crippen LogP contribution in [0.4, 0.5) is 5.69 Å². The summed E-state index contributed by atoms with van der Waals surface area (Å²) in [7, 11) is 0. The number of nitrogens with zero attached hydrogens (tertiary/aromatic N) is 1. The predicted octanol–water partition coefficient (Wildman–Crippen LogP) is 2.93. The highest BCUT2D eigenvalue weighted by Gasteiger charge is 2.40. The number of anilines is 1. The normalized spacial score (nSPS) is 26.5. The van der Waals surface area contributed by atoms with E-state index in [1.54, 1.807) is 0 Å². The van der Waals surface area contributed by atoms with Crippen LogP contribution in [0.1, 0.15) is 32.1 Å². The first kappa shape index (κ1) is 11.5. The van der Waals surface area contributed by atoms with Gasteiger partial charge in [0.05, 0.1) is 10.2 Å². The number of halogens is 1. The number of hydrogen-bond acceptors (Lipinski definition) is 3. The zero-order valence-corrected chi connectivity index (χ0v) is 11.5. The van der Waals surface area contributed by atoms with Crippen LogP contribution in [0.25, 0.3) is 0 Å². The molecule has 2 fully saturated rings. The topological polar surface area (TPSA) is 37.0 Å². The third-order valence-corrected chi connectivity index (χ3v) is 4.70. The van der Waals surface area contributed by atoms with Crippen LogP contribution in [-0.2, 0) is 0 Å². The van der Waals surface area contributed by atoms with Crippen molar-refractivity contribution < 1.29 is 0 Å². The minimum absolute atomic E-state index is 0.454. The zero-order valence-electron chi connectivity index (χ0n) is 9.88. The van der Waals surface area contributed by atoms with Gasteiger partial charge in [-0.1, -0.05) is 0 Å². The van der Waals surface area contributed by atoms with Crippen LogP contribution in [0.3, 0.4) is 0 Å². The molecule has 17 heavy (non-hydrogen) atoms. The maximum atomic E-state index is 4.09. The van der Waals surface area contributed by atoms with Crippen LogP contribution < -0.4 is 10.6 Å². The number of nitrogens with one attached hydrogen (secondary N) is 2. The van der Waals surface area contributed by atoms with E-state index in [-0.39, 0.29) is 0 Å². The van der Waals surface area contributed by atoms with E-state index in [1.807, 2.05) is 18.5 Å². The largest absolute Gasteiger partial charge is 0.381 e. The first-order valence-electron chi connectivity index (χ1n) is 6.39. The first-order valence-corrected chi connectivity index (χ1v) is 7.18. The van der Waals surface area contributed by atoms with E-state index in [0.717, 1.165) is 11.0 Å². The van der Waals surface area contributed by atoms with Gasteiger partial charge >= 0.3 is 0 Å². The fourth-order valence-electron chi connectivity index (χ4n) is 2.98. The molecule has 1 aliphatic carbocycles. The van der Waals surface area contributed by atoms with Gasteiger partial charge in [0, 0.05) is 24.0 Å². The van der Waals surface area contributed by atoms with Gasteiger partial charge in [0.15, 0.2) is 0 Å². The maximum Gasteiger partial charge on any atom is 0.0590 e. The summed E-state index contributed by atoms with van der Waals surface area (Å²) < 4.78 is 1.06. The molecule has 1 aromatic rings. The van der Waals surface area contributed by atoms with Gasteiger partial charge in [0.25, 0.3) is 0 Å². The average Bonchev–Trinajstić information content (AvgIpc) is 2.31. The lowest BCUT2D eigenvalue weighted by molar-refractivity contribution is 0.135. The second kappa shape index (κ2) is 4.58. The molecule has 0 radical (unpaired) electrons. The number of pyridine rings is 1. The second-order valence-electron chi connectivity index (χ2n) is 5.25. The lowest BCUT2D eigenvalue weighted by Gasteiger charge is -2.48. The summed E-state index contributed by atoms with van der Waals surface area (Å²) in [6.45, 7) is 1.14. The molecule has 4 heteroatoms. The minimum Gasteiger partial charge on any atom is -0.381 e. The Balaban J connectivity index is 1.67. The van der Waals surface area contributed by atoms with Crippen molar-refractivity contribution in [2.24, 2.45) is 0 Å². The molecule has 1 aliphatic heterocycles. The van der Waals surface area contributed by atoms with E-state index in [2.05, 4.69) is 31.5 Å². The molecule has 2 heterocycles. The Hall–Kier alpha value is -0.610. The molecule has 1 saturated carbocycles. The molecule has 1 atom stereocenters. The summed E-state index contributed by atoms with van der Waals surface area (Å²) >= 11 is 3.54. The van der Waals surface area contributed by atoms with Crippen molar-refractivity contribution in [2.45, 2.75) is 43.7 Å². The lowest BCUT2D eigenvalue weighted by atomic mass is 9.70. The van der Waals surface area contributed by atoms with Gasteiger partial charge in [-0.3, -0.25) is 4.98 Å². The third kappa shape index (κ3) is 2.33. The Morgan fingerprint density at radius 1 is 1.47 bits per heavy atom. The Morgan fingerprint density at radius 2 is 2.35 bits per heavy atom. The number of aromatic nitrogens is 1. The number of hydrogen-bond donors (Lipinski definition) is 2. The smallest absolute Gasteiger partial charge is 0.0590 e. The van der Waals surface area contributed by atoms with E-state index in [0.29, 0.717) is 11.6 Å². The monoisotopic (exact) mass is 295 g/mol. The first-order chi connectivity index (χ1) is 8.27. The highest BCUT2D eigenvalue weighted by Crippen LogP contribution is 2.39. The maximum absolute atomic E-state index is 4.09. The molecule has 1 spiro atoms. The highest BCUT2D eigenvalue weighted by atomic mass is 79.9. The summed E-state index contributed by atoms with van der Waals surface area (Å²) in [4.78, 5) is 4.09. The van der Waals surface area contributed by atoms with Crippen LogP contribution >= 0.6 is 15.9 Å². The fourth-order valence-corrected chi connectivity index (χ4v) is 3.34. The summed E-state index contributed by atoms with van der Waals surface area (Å²) in [6, 6.07) is 2.63. The number of rotatable bonds is 2. The van der Waals surface area contributed by atoms with Crippen molar-refractivity contribution in [1.29, 1.82) is 0 Å². The van der Waals surface area contributed by atoms with E-state index in [4.69, 9.17) is 0 Å². The fraction of sp³-hybridized carbons (Fsp3) is 0.615. The summed E-state index contributed by atoms with van der Waals surface area (Å²) in [5, 5.41) is 7.34. The molecule has 92 valence electrons. The molecule has 3 rings (SSSR count). The van der Waals surface area contributed by atoms with Gasteiger partial charge in [0.2, 0.25) is 0 Å². The average molecular weight is 296 g/mol. The molecule has 1 saturated heterocycles. The SMILES string of the molecule is Brc1cnccc1NC1CCNC2(CCC2)C1. The molecule has 2 aliphatic rings. The molecular formula is C13H18BrN3. The summed E-state index contributed by atoms with van der Waals surface area (Å²) in [5.74, 6) is 0. The van der Waals surface area contributed by atoms with Crippen molar-refractivity contribution in [3.05, 3.63) is 22.9 Å². The van der Waals surface area contributed by atoms with Crippen LogP contribution in [0, 0.1) is 0 Å². The van der Waals surface area contributed by atoms with Crippen molar-refractivity contribution >= 4 is 21.6 Å². The molecule has 2 N–H and O–H groups in total. The quantitative estimate of drug-likeness (QED) is 0.881. The standard InChI is InChI=1S/C13H18BrN3/c14-11-9-15-6-3-12(11)17-10-2-7-16-13(8-10)4-1-5-13/h3,6,9-10,16H,1-2,4-5,7-8H2,(H,15,17). The molecule has 1 aromatic heterocycles. The Bertz CT molecular complexity index is 403. The van der Waals surface area contributed by atoms with Crippen molar-refractivity contribution in [3.8, 4) is 0 Å². The molecule has 3 nitrogen and oxygen atoms in total. The molecule has 0 amide bonds. The number of piperidine rings is 1. The molecular weight excluding hydrogens is 278 g/mol. The van der Waals surface area contributed by atoms with Crippen molar-refractivity contribution in [3.63, 3.8) is 0 Å². The van der Waals surface area contributed by atoms with Crippen LogP contribution in [0.2, 0.25) is 0 Å². The zero-order chi connectivity index (χ0) is 11.7. The van der Waals surface area contributed by atoms with E-state index in [9.17, 15) is 0 Å². The van der Waals surface area contributed by atoms with Gasteiger partial charge < -0.3 is 10.6 Å².